The molecule has 3 aromatic rings. The van der Waals surface area contributed by atoms with E-state index in [1.165, 1.54) is 12.3 Å². The van der Waals surface area contributed by atoms with Gasteiger partial charge in [0.1, 0.15) is 0 Å². The van der Waals surface area contributed by atoms with Crippen molar-refractivity contribution in [1.29, 1.82) is 0 Å². The first-order valence-corrected chi connectivity index (χ1v) is 6.97. The van der Waals surface area contributed by atoms with Crippen LogP contribution < -0.4 is 0 Å². The predicted octanol–water partition coefficient (Wildman–Crippen LogP) is 5.68. The molecule has 0 saturated heterocycles. The number of hydrogen-bond donors (Lipinski definition) is 0. The lowest BCUT2D eigenvalue weighted by Crippen LogP contribution is -2.06. The molecule has 0 bridgehead atoms. The lowest BCUT2D eigenvalue weighted by molar-refractivity contribution is -0.136. The molecular weight excluding hydrogens is 343 g/mol. The van der Waals surface area contributed by atoms with Gasteiger partial charge in [0.15, 0.2) is 0 Å². The Labute approximate surface area is 127 Å². The van der Waals surface area contributed by atoms with E-state index in [4.69, 9.17) is 0 Å². The fourth-order valence-corrected chi connectivity index (χ4v) is 2.71. The van der Waals surface area contributed by atoms with Gasteiger partial charge in [0.2, 0.25) is 0 Å². The first kappa shape index (κ1) is 14.1. The van der Waals surface area contributed by atoms with Crippen LogP contribution in [0, 0.1) is 0 Å². The van der Waals surface area contributed by atoms with Crippen molar-refractivity contribution in [2.45, 2.75) is 6.18 Å². The van der Waals surface area contributed by atoms with Crippen LogP contribution in [0.4, 0.5) is 13.2 Å². The van der Waals surface area contributed by atoms with Crippen molar-refractivity contribution < 1.29 is 13.2 Å². The molecule has 0 radical (unpaired) electrons. The zero-order valence-electron chi connectivity index (χ0n) is 10.7. The van der Waals surface area contributed by atoms with Gasteiger partial charge in [-0.1, -0.05) is 40.2 Å². The van der Waals surface area contributed by atoms with Gasteiger partial charge in [-0.15, -0.1) is 0 Å². The number of pyridine rings is 1. The van der Waals surface area contributed by atoms with Crippen molar-refractivity contribution in [2.24, 2.45) is 0 Å². The van der Waals surface area contributed by atoms with Gasteiger partial charge in [-0.3, -0.25) is 4.98 Å². The molecule has 1 aromatic heterocycles. The van der Waals surface area contributed by atoms with E-state index in [2.05, 4.69) is 20.9 Å². The van der Waals surface area contributed by atoms with E-state index in [9.17, 15) is 13.2 Å². The fourth-order valence-electron chi connectivity index (χ4n) is 2.31. The highest BCUT2D eigenvalue weighted by Crippen LogP contribution is 2.37. The van der Waals surface area contributed by atoms with E-state index in [0.29, 0.717) is 5.39 Å². The molecule has 0 amide bonds. The highest BCUT2D eigenvalue weighted by atomic mass is 79.9. The second-order valence-corrected chi connectivity index (χ2v) is 5.48. The molecule has 1 heterocycles. The molecule has 5 heteroatoms. The Kier molecular flexibility index (Phi) is 3.45. The Bertz CT molecular complexity index is 812. The van der Waals surface area contributed by atoms with E-state index in [0.717, 1.165) is 21.7 Å². The molecule has 0 unspecified atom stereocenters. The van der Waals surface area contributed by atoms with Gasteiger partial charge >= 0.3 is 6.18 Å². The number of para-hydroxylation sites is 1. The normalized spacial score (nSPS) is 11.8. The summed E-state index contributed by atoms with van der Waals surface area (Å²) in [5.74, 6) is 0. The molecule has 2 aromatic carbocycles. The van der Waals surface area contributed by atoms with Gasteiger partial charge in [0.05, 0.1) is 11.1 Å². The molecule has 3 rings (SSSR count). The number of halogens is 4. The molecule has 1 nitrogen and oxygen atoms in total. The quantitative estimate of drug-likeness (QED) is 0.549. The molecule has 0 atom stereocenters. The summed E-state index contributed by atoms with van der Waals surface area (Å²) >= 11 is 3.37. The molecule has 0 aliphatic rings. The zero-order valence-corrected chi connectivity index (χ0v) is 12.2. The SMILES string of the molecule is FC(F)(F)c1cccc2c(-c3cccc(Br)c3)ccnc12. The van der Waals surface area contributed by atoms with Gasteiger partial charge in [-0.05, 0) is 35.4 Å². The Balaban J connectivity index is 2.31. The van der Waals surface area contributed by atoms with E-state index in [1.54, 1.807) is 12.1 Å². The highest BCUT2D eigenvalue weighted by Gasteiger charge is 2.33. The lowest BCUT2D eigenvalue weighted by atomic mass is 9.99. The van der Waals surface area contributed by atoms with Crippen molar-refractivity contribution in [2.75, 3.05) is 0 Å². The van der Waals surface area contributed by atoms with Crippen LogP contribution in [-0.4, -0.2) is 4.98 Å². The first-order valence-electron chi connectivity index (χ1n) is 6.18. The van der Waals surface area contributed by atoms with Gasteiger partial charge in [-0.25, -0.2) is 0 Å². The number of hydrogen-bond acceptors (Lipinski definition) is 1. The highest BCUT2D eigenvalue weighted by molar-refractivity contribution is 9.10. The summed E-state index contributed by atoms with van der Waals surface area (Å²) in [5, 5.41) is 0.491. The third-order valence-electron chi connectivity index (χ3n) is 3.21. The molecule has 0 N–H and O–H groups in total. The van der Waals surface area contributed by atoms with Crippen LogP contribution in [0.2, 0.25) is 0 Å². The van der Waals surface area contributed by atoms with Crippen LogP contribution in [0.15, 0.2) is 59.2 Å². The van der Waals surface area contributed by atoms with E-state index in [-0.39, 0.29) is 5.52 Å². The lowest BCUT2D eigenvalue weighted by Gasteiger charge is -2.12. The molecule has 0 fully saturated rings. The fraction of sp³-hybridized carbons (Fsp3) is 0.0625. The zero-order chi connectivity index (χ0) is 15.0. The maximum atomic E-state index is 13.1. The summed E-state index contributed by atoms with van der Waals surface area (Å²) in [4.78, 5) is 3.92. The summed E-state index contributed by atoms with van der Waals surface area (Å²) in [5.41, 5.74) is 0.836. The minimum Gasteiger partial charge on any atom is -0.256 e. The van der Waals surface area contributed by atoms with Crippen LogP contribution in [0.5, 0.6) is 0 Å². The smallest absolute Gasteiger partial charge is 0.256 e. The largest absolute Gasteiger partial charge is 0.418 e. The van der Waals surface area contributed by atoms with Crippen molar-refractivity contribution in [3.8, 4) is 11.1 Å². The summed E-state index contributed by atoms with van der Waals surface area (Å²) in [7, 11) is 0. The average molecular weight is 352 g/mol. The van der Waals surface area contributed by atoms with Crippen LogP contribution in [0.3, 0.4) is 0 Å². The van der Waals surface area contributed by atoms with Gasteiger partial charge in [-0.2, -0.15) is 13.2 Å². The van der Waals surface area contributed by atoms with E-state index in [1.807, 2.05) is 24.3 Å². The van der Waals surface area contributed by atoms with Gasteiger partial charge in [0.25, 0.3) is 0 Å². The van der Waals surface area contributed by atoms with Crippen molar-refractivity contribution in [1.82, 2.24) is 4.98 Å². The number of fused-ring (bicyclic) bond motifs is 1. The Morgan fingerprint density at radius 3 is 2.43 bits per heavy atom. The number of aromatic nitrogens is 1. The summed E-state index contributed by atoms with van der Waals surface area (Å²) in [6.07, 6.45) is -3.00. The van der Waals surface area contributed by atoms with E-state index >= 15 is 0 Å². The molecule has 106 valence electrons. The van der Waals surface area contributed by atoms with Crippen LogP contribution in [-0.2, 0) is 6.18 Å². The molecular formula is C16H9BrF3N. The number of benzene rings is 2. The predicted molar refractivity (Wildman–Crippen MR) is 79.9 cm³/mol. The maximum Gasteiger partial charge on any atom is 0.418 e. The minimum atomic E-state index is -4.41. The van der Waals surface area contributed by atoms with Crippen molar-refractivity contribution in [3.63, 3.8) is 0 Å². The second kappa shape index (κ2) is 5.15. The maximum absolute atomic E-state index is 13.1. The summed E-state index contributed by atoms with van der Waals surface area (Å²) < 4.78 is 40.1. The first-order chi connectivity index (χ1) is 9.97. The van der Waals surface area contributed by atoms with Crippen LogP contribution >= 0.6 is 15.9 Å². The van der Waals surface area contributed by atoms with Crippen molar-refractivity contribution >= 4 is 26.8 Å². The molecule has 0 aliphatic heterocycles. The average Bonchev–Trinajstić information content (AvgIpc) is 2.45. The number of rotatable bonds is 1. The summed E-state index contributed by atoms with van der Waals surface area (Å²) in [6, 6.07) is 13.3. The third kappa shape index (κ3) is 2.65. The molecule has 0 saturated carbocycles. The second-order valence-electron chi connectivity index (χ2n) is 4.57. The summed E-state index contributed by atoms with van der Waals surface area (Å²) in [6.45, 7) is 0. The van der Waals surface area contributed by atoms with Crippen LogP contribution in [0.1, 0.15) is 5.56 Å². The topological polar surface area (TPSA) is 12.9 Å². The van der Waals surface area contributed by atoms with Crippen molar-refractivity contribution in [3.05, 3.63) is 64.8 Å². The standard InChI is InChI=1S/C16H9BrF3N/c17-11-4-1-3-10(9-11)12-7-8-21-15-13(12)5-2-6-14(15)16(18,19)20/h1-9H. The molecule has 0 spiro atoms. The Morgan fingerprint density at radius 1 is 0.952 bits per heavy atom. The van der Waals surface area contributed by atoms with E-state index < -0.39 is 11.7 Å². The monoisotopic (exact) mass is 351 g/mol. The number of nitrogens with zero attached hydrogens (tertiary/aromatic N) is 1. The van der Waals surface area contributed by atoms with Gasteiger partial charge in [0, 0.05) is 16.1 Å². The third-order valence-corrected chi connectivity index (χ3v) is 3.71. The molecule has 0 aliphatic carbocycles. The minimum absolute atomic E-state index is 0.0255. The number of alkyl halides is 3. The van der Waals surface area contributed by atoms with Gasteiger partial charge < -0.3 is 0 Å². The van der Waals surface area contributed by atoms with Crippen LogP contribution in [0.25, 0.3) is 22.0 Å². The Morgan fingerprint density at radius 2 is 1.71 bits per heavy atom. The molecule has 21 heavy (non-hydrogen) atoms. The Hall–Kier alpha value is -1.88.